The number of hydrogen-bond acceptors (Lipinski definition) is 4. The van der Waals surface area contributed by atoms with Crippen LogP contribution in [0.5, 0.6) is 0 Å². The van der Waals surface area contributed by atoms with E-state index in [1.165, 1.54) is 0 Å². The summed E-state index contributed by atoms with van der Waals surface area (Å²) >= 11 is 0. The Labute approximate surface area is 97.4 Å². The van der Waals surface area contributed by atoms with Crippen LogP contribution >= 0.6 is 0 Å². The fraction of sp³-hybridized carbons (Fsp3) is 0.583. The highest BCUT2D eigenvalue weighted by molar-refractivity contribution is 5.54. The SMILES string of the molecule is CCNc1cncc(NC(C)CCOC)c1. The Bertz CT molecular complexity index is 304. The van der Waals surface area contributed by atoms with Crippen LogP contribution in [0.4, 0.5) is 11.4 Å². The second-order valence-corrected chi connectivity index (χ2v) is 3.82. The Balaban J connectivity index is 2.49. The van der Waals surface area contributed by atoms with Crippen LogP contribution in [-0.4, -0.2) is 31.3 Å². The maximum atomic E-state index is 5.04. The van der Waals surface area contributed by atoms with Crippen molar-refractivity contribution in [1.82, 2.24) is 4.98 Å². The first-order chi connectivity index (χ1) is 7.76. The standard InChI is InChI=1S/C12H21N3O/c1-4-14-11-7-12(9-13-8-11)15-10(2)5-6-16-3/h7-10,14-15H,4-6H2,1-3H3. The maximum Gasteiger partial charge on any atom is 0.0549 e. The first-order valence-electron chi connectivity index (χ1n) is 5.70. The van der Waals surface area contributed by atoms with Gasteiger partial charge in [-0.05, 0) is 26.3 Å². The van der Waals surface area contributed by atoms with Gasteiger partial charge in [-0.25, -0.2) is 0 Å². The lowest BCUT2D eigenvalue weighted by atomic mass is 10.2. The molecule has 0 saturated carbocycles. The summed E-state index contributed by atoms with van der Waals surface area (Å²) in [6.45, 7) is 5.89. The molecule has 0 radical (unpaired) electrons. The molecule has 90 valence electrons. The molecule has 1 aromatic heterocycles. The van der Waals surface area contributed by atoms with Crippen LogP contribution in [0.2, 0.25) is 0 Å². The van der Waals surface area contributed by atoms with Crippen molar-refractivity contribution in [2.45, 2.75) is 26.3 Å². The minimum Gasteiger partial charge on any atom is -0.385 e. The number of rotatable bonds is 7. The Morgan fingerprint density at radius 3 is 2.81 bits per heavy atom. The second-order valence-electron chi connectivity index (χ2n) is 3.82. The summed E-state index contributed by atoms with van der Waals surface area (Å²) in [5.41, 5.74) is 2.09. The van der Waals surface area contributed by atoms with Crippen molar-refractivity contribution in [3.05, 3.63) is 18.5 Å². The quantitative estimate of drug-likeness (QED) is 0.745. The van der Waals surface area contributed by atoms with Crippen LogP contribution in [0.15, 0.2) is 18.5 Å². The fourth-order valence-corrected chi connectivity index (χ4v) is 1.47. The molecule has 0 aliphatic carbocycles. The van der Waals surface area contributed by atoms with Gasteiger partial charge in [-0.3, -0.25) is 4.98 Å². The molecule has 1 rings (SSSR count). The summed E-state index contributed by atoms with van der Waals surface area (Å²) in [4.78, 5) is 4.18. The summed E-state index contributed by atoms with van der Waals surface area (Å²) in [6.07, 6.45) is 4.65. The number of pyridine rings is 1. The van der Waals surface area contributed by atoms with E-state index in [-0.39, 0.29) is 0 Å². The molecule has 0 aliphatic heterocycles. The molecule has 0 fully saturated rings. The zero-order chi connectivity index (χ0) is 11.8. The molecule has 1 heterocycles. The van der Waals surface area contributed by atoms with Crippen LogP contribution in [0.25, 0.3) is 0 Å². The monoisotopic (exact) mass is 223 g/mol. The van der Waals surface area contributed by atoms with Gasteiger partial charge in [0.25, 0.3) is 0 Å². The third-order valence-corrected chi connectivity index (χ3v) is 2.29. The molecule has 16 heavy (non-hydrogen) atoms. The highest BCUT2D eigenvalue weighted by Crippen LogP contribution is 2.14. The Kier molecular flexibility index (Phi) is 5.64. The molecule has 4 nitrogen and oxygen atoms in total. The van der Waals surface area contributed by atoms with Crippen molar-refractivity contribution in [2.75, 3.05) is 30.9 Å². The lowest BCUT2D eigenvalue weighted by Gasteiger charge is -2.15. The molecular weight excluding hydrogens is 202 g/mol. The normalized spacial score (nSPS) is 12.2. The van der Waals surface area contributed by atoms with E-state index in [9.17, 15) is 0 Å². The van der Waals surface area contributed by atoms with Crippen LogP contribution < -0.4 is 10.6 Å². The van der Waals surface area contributed by atoms with Gasteiger partial charge in [0.1, 0.15) is 0 Å². The molecule has 0 aromatic carbocycles. The van der Waals surface area contributed by atoms with E-state index in [2.05, 4.69) is 35.5 Å². The van der Waals surface area contributed by atoms with Crippen LogP contribution in [-0.2, 0) is 4.74 Å². The third kappa shape index (κ3) is 4.49. The molecule has 2 N–H and O–H groups in total. The van der Waals surface area contributed by atoms with Gasteiger partial charge in [0.2, 0.25) is 0 Å². The van der Waals surface area contributed by atoms with Crippen molar-refractivity contribution in [3.63, 3.8) is 0 Å². The molecule has 0 bridgehead atoms. The topological polar surface area (TPSA) is 46.2 Å². The number of hydrogen-bond donors (Lipinski definition) is 2. The van der Waals surface area contributed by atoms with Crippen molar-refractivity contribution in [2.24, 2.45) is 0 Å². The number of nitrogens with zero attached hydrogens (tertiary/aromatic N) is 1. The Hall–Kier alpha value is -1.29. The first-order valence-corrected chi connectivity index (χ1v) is 5.70. The summed E-state index contributed by atoms with van der Waals surface area (Å²) in [6, 6.07) is 2.46. The number of aromatic nitrogens is 1. The summed E-state index contributed by atoms with van der Waals surface area (Å²) in [5, 5.41) is 6.63. The molecule has 1 unspecified atom stereocenters. The Morgan fingerprint density at radius 1 is 1.38 bits per heavy atom. The van der Waals surface area contributed by atoms with Crippen molar-refractivity contribution >= 4 is 11.4 Å². The molecule has 1 aromatic rings. The Morgan fingerprint density at radius 2 is 2.12 bits per heavy atom. The van der Waals surface area contributed by atoms with E-state index in [1.807, 2.05) is 12.4 Å². The van der Waals surface area contributed by atoms with Gasteiger partial charge in [-0.15, -0.1) is 0 Å². The zero-order valence-electron chi connectivity index (χ0n) is 10.3. The van der Waals surface area contributed by atoms with Crippen LogP contribution in [0, 0.1) is 0 Å². The highest BCUT2D eigenvalue weighted by Gasteiger charge is 2.02. The summed E-state index contributed by atoms with van der Waals surface area (Å²) in [7, 11) is 1.72. The van der Waals surface area contributed by atoms with Crippen LogP contribution in [0.1, 0.15) is 20.3 Å². The van der Waals surface area contributed by atoms with E-state index in [0.29, 0.717) is 6.04 Å². The van der Waals surface area contributed by atoms with E-state index in [4.69, 9.17) is 4.74 Å². The number of anilines is 2. The molecule has 0 aliphatic rings. The molecule has 0 spiro atoms. The van der Waals surface area contributed by atoms with E-state index in [1.54, 1.807) is 7.11 Å². The molecule has 1 atom stereocenters. The molecule has 0 saturated heterocycles. The largest absolute Gasteiger partial charge is 0.385 e. The second kappa shape index (κ2) is 7.06. The molecule has 4 heteroatoms. The summed E-state index contributed by atoms with van der Waals surface area (Å²) in [5.74, 6) is 0. The van der Waals surface area contributed by atoms with Crippen molar-refractivity contribution in [3.8, 4) is 0 Å². The average molecular weight is 223 g/mol. The molecule has 0 amide bonds. The van der Waals surface area contributed by atoms with Gasteiger partial charge in [0.15, 0.2) is 0 Å². The lowest BCUT2D eigenvalue weighted by Crippen LogP contribution is -2.17. The van der Waals surface area contributed by atoms with E-state index < -0.39 is 0 Å². The van der Waals surface area contributed by atoms with Gasteiger partial charge in [0, 0.05) is 26.3 Å². The zero-order valence-corrected chi connectivity index (χ0v) is 10.3. The first kappa shape index (κ1) is 12.8. The smallest absolute Gasteiger partial charge is 0.0549 e. The predicted molar refractivity (Wildman–Crippen MR) is 68.0 cm³/mol. The number of methoxy groups -OCH3 is 1. The fourth-order valence-electron chi connectivity index (χ4n) is 1.47. The van der Waals surface area contributed by atoms with E-state index in [0.717, 1.165) is 30.9 Å². The van der Waals surface area contributed by atoms with Gasteiger partial charge >= 0.3 is 0 Å². The van der Waals surface area contributed by atoms with Crippen LogP contribution in [0.3, 0.4) is 0 Å². The van der Waals surface area contributed by atoms with E-state index >= 15 is 0 Å². The molecular formula is C12H21N3O. The average Bonchev–Trinajstić information content (AvgIpc) is 2.27. The van der Waals surface area contributed by atoms with Crippen molar-refractivity contribution in [1.29, 1.82) is 0 Å². The van der Waals surface area contributed by atoms with Crippen molar-refractivity contribution < 1.29 is 4.74 Å². The predicted octanol–water partition coefficient (Wildman–Crippen LogP) is 2.35. The highest BCUT2D eigenvalue weighted by atomic mass is 16.5. The number of ether oxygens (including phenoxy) is 1. The minimum atomic E-state index is 0.388. The number of nitrogens with one attached hydrogen (secondary N) is 2. The van der Waals surface area contributed by atoms with Gasteiger partial charge in [-0.2, -0.15) is 0 Å². The van der Waals surface area contributed by atoms with Gasteiger partial charge in [0.05, 0.1) is 23.8 Å². The van der Waals surface area contributed by atoms with Gasteiger partial charge in [-0.1, -0.05) is 0 Å². The minimum absolute atomic E-state index is 0.388. The summed E-state index contributed by atoms with van der Waals surface area (Å²) < 4.78 is 5.04. The maximum absolute atomic E-state index is 5.04. The lowest BCUT2D eigenvalue weighted by molar-refractivity contribution is 0.191. The van der Waals surface area contributed by atoms with Gasteiger partial charge < -0.3 is 15.4 Å². The third-order valence-electron chi connectivity index (χ3n) is 2.29.